The molecule has 0 aliphatic heterocycles. The summed E-state index contributed by atoms with van der Waals surface area (Å²) < 4.78 is 0. The van der Waals surface area contributed by atoms with Gasteiger partial charge in [-0.25, -0.2) is 0 Å². The van der Waals surface area contributed by atoms with E-state index in [0.717, 1.165) is 0 Å². The molecule has 0 saturated heterocycles. The smallest absolute Gasteiger partial charge is 0.183 e. The Bertz CT molecular complexity index is 580. The van der Waals surface area contributed by atoms with Gasteiger partial charge in [0, 0.05) is 10.4 Å². The number of nitriles is 1. The largest absolute Gasteiger partial charge is 0.227 e. The SMILES string of the molecule is N#C\N=N/N=N\N=N/N=N\N=N/N=N\N=N/N=N\N=N/N=N. The van der Waals surface area contributed by atoms with E-state index < -0.39 is 0 Å². The predicted octanol–water partition coefficient (Wildman–Crippen LogP) is 3.80. The molecule has 0 spiro atoms. The van der Waals surface area contributed by atoms with Crippen molar-refractivity contribution in [1.82, 2.24) is 0 Å². The van der Waals surface area contributed by atoms with Crippen molar-refractivity contribution in [3.63, 3.8) is 0 Å². The molecule has 21 nitrogen and oxygen atoms in total. The van der Waals surface area contributed by atoms with Crippen LogP contribution in [0.15, 0.2) is 99.1 Å². The molecule has 0 bridgehead atoms. The first-order valence-electron chi connectivity index (χ1n) is 4.27. The van der Waals surface area contributed by atoms with Crippen molar-refractivity contribution in [2.75, 3.05) is 0 Å². The van der Waals surface area contributed by atoms with Gasteiger partial charge in [-0.2, -0.15) is 10.8 Å². The van der Waals surface area contributed by atoms with Crippen LogP contribution in [-0.4, -0.2) is 0 Å². The third-order valence-corrected chi connectivity index (χ3v) is 0.774. The second-order valence-electron chi connectivity index (χ2n) is 1.82. The Morgan fingerprint density at radius 3 is 1.00 bits per heavy atom. The van der Waals surface area contributed by atoms with E-state index in [1.165, 1.54) is 6.19 Å². The molecule has 21 heteroatoms. The summed E-state index contributed by atoms with van der Waals surface area (Å²) in [5.41, 5.74) is 6.20. The van der Waals surface area contributed by atoms with Gasteiger partial charge in [-0.05, 0) is 88.7 Å². The van der Waals surface area contributed by atoms with Crippen LogP contribution in [0.3, 0.4) is 0 Å². The van der Waals surface area contributed by atoms with Gasteiger partial charge >= 0.3 is 0 Å². The predicted molar refractivity (Wildman–Crippen MR) is 54.5 cm³/mol. The summed E-state index contributed by atoms with van der Waals surface area (Å²) in [6, 6.07) is 0. The van der Waals surface area contributed by atoms with Gasteiger partial charge in [-0.1, -0.05) is 0 Å². The van der Waals surface area contributed by atoms with Crippen LogP contribution in [-0.2, 0) is 0 Å². The molecule has 0 amide bonds. The van der Waals surface area contributed by atoms with Crippen LogP contribution in [0, 0.1) is 17.0 Å². The molecule has 0 heterocycles. The summed E-state index contributed by atoms with van der Waals surface area (Å²) in [6.45, 7) is 0. The van der Waals surface area contributed by atoms with Gasteiger partial charge in [0.25, 0.3) is 0 Å². The standard InChI is InChI=1S/CHN21/c2-1-4-6-8-10-12-14-16-18-20-22-21-19-17-15-13-11-9-7-5-3/h3H/b5-3?,6-4-,9-7-,10-8-,13-11-,14-12-,17-15-,18-16-,21-19-,22-20-. The van der Waals surface area contributed by atoms with Crippen LogP contribution in [0.2, 0.25) is 0 Å². The van der Waals surface area contributed by atoms with E-state index in [0.29, 0.717) is 0 Å². The molecular weight excluding hydrogens is 306 g/mol. The highest BCUT2D eigenvalue weighted by Gasteiger charge is 1.71. The Balaban J connectivity index is 3.89. The molecule has 0 aromatic heterocycles. The van der Waals surface area contributed by atoms with Gasteiger partial charge in [-0.3, -0.25) is 0 Å². The van der Waals surface area contributed by atoms with E-state index in [-0.39, 0.29) is 0 Å². The number of hydrogen-bond donors (Lipinski definition) is 1. The van der Waals surface area contributed by atoms with E-state index >= 15 is 0 Å². The summed E-state index contributed by atoms with van der Waals surface area (Å²) in [5.74, 6) is 0. The molecule has 0 radical (unpaired) electrons. The van der Waals surface area contributed by atoms with Gasteiger partial charge < -0.3 is 0 Å². The van der Waals surface area contributed by atoms with Gasteiger partial charge in [0.05, 0.1) is 0 Å². The van der Waals surface area contributed by atoms with Crippen LogP contribution in [0.5, 0.6) is 0 Å². The van der Waals surface area contributed by atoms with E-state index in [2.05, 4.69) is 99.1 Å². The van der Waals surface area contributed by atoms with Crippen molar-refractivity contribution in [2.45, 2.75) is 0 Å². The minimum atomic E-state index is 1.32. The summed E-state index contributed by atoms with van der Waals surface area (Å²) in [5, 5.41) is 63.0. The van der Waals surface area contributed by atoms with Gasteiger partial charge in [0.15, 0.2) is 0 Å². The highest BCUT2D eigenvalue weighted by atomic mass is 15.7. The Morgan fingerprint density at radius 2 is 0.727 bits per heavy atom. The Labute approximate surface area is 117 Å². The number of nitrogens with zero attached hydrogens (tertiary/aromatic N) is 20. The lowest BCUT2D eigenvalue weighted by Crippen LogP contribution is -1.51. The highest BCUT2D eigenvalue weighted by molar-refractivity contribution is 4.56. The number of hydrogen-bond acceptors (Lipinski definition) is 3. The van der Waals surface area contributed by atoms with Gasteiger partial charge in [0.1, 0.15) is 0 Å². The van der Waals surface area contributed by atoms with Crippen molar-refractivity contribution < 1.29 is 0 Å². The molecule has 110 valence electrons. The van der Waals surface area contributed by atoms with Crippen LogP contribution in [0.4, 0.5) is 0 Å². The minimum Gasteiger partial charge on any atom is -0.183 e. The monoisotopic (exact) mass is 307 g/mol. The third kappa shape index (κ3) is 15.5. The Morgan fingerprint density at radius 1 is 0.455 bits per heavy atom. The average Bonchev–Trinajstić information content (AvgIpc) is 2.54. The maximum Gasteiger partial charge on any atom is 0.227 e. The quantitative estimate of drug-likeness (QED) is 0.370. The molecule has 0 aromatic carbocycles. The van der Waals surface area contributed by atoms with E-state index in [1.807, 2.05) is 0 Å². The van der Waals surface area contributed by atoms with E-state index in [1.54, 1.807) is 0 Å². The molecule has 0 fully saturated rings. The van der Waals surface area contributed by atoms with E-state index in [4.69, 9.17) is 10.8 Å². The maximum atomic E-state index is 7.92. The van der Waals surface area contributed by atoms with Crippen LogP contribution >= 0.6 is 0 Å². The molecule has 0 aromatic rings. The first-order chi connectivity index (χ1) is 10.9. The lowest BCUT2D eigenvalue weighted by Gasteiger charge is -1.69. The van der Waals surface area contributed by atoms with Crippen LogP contribution in [0.1, 0.15) is 0 Å². The third-order valence-electron chi connectivity index (χ3n) is 0.774. The molecule has 0 rings (SSSR count). The van der Waals surface area contributed by atoms with Crippen molar-refractivity contribution in [3.8, 4) is 6.19 Å². The molecule has 0 unspecified atom stereocenters. The number of rotatable bonds is 9. The minimum absolute atomic E-state index is 1.32. The molecule has 0 aliphatic carbocycles. The maximum absolute atomic E-state index is 7.92. The van der Waals surface area contributed by atoms with Crippen LogP contribution in [0.25, 0.3) is 0 Å². The normalized spacial score (nSPS) is 13.8. The Hall–Kier alpha value is -4.51. The average molecular weight is 307 g/mol. The lowest BCUT2D eigenvalue weighted by molar-refractivity contribution is 0.737. The molecule has 0 aliphatic rings. The molecular formula is CHN21. The topological polar surface area (TPSA) is 282 Å². The fraction of sp³-hybridized carbons (Fsp3) is 0. The zero-order valence-electron chi connectivity index (χ0n) is 9.94. The van der Waals surface area contributed by atoms with Crippen molar-refractivity contribution >= 4 is 0 Å². The Kier molecular flexibility index (Phi) is 13.1. The van der Waals surface area contributed by atoms with Crippen molar-refractivity contribution in [2.24, 2.45) is 99.1 Å². The summed E-state index contributed by atoms with van der Waals surface area (Å²) in [4.78, 5) is 0. The second kappa shape index (κ2) is 16.5. The summed E-state index contributed by atoms with van der Waals surface area (Å²) >= 11 is 0. The van der Waals surface area contributed by atoms with Crippen LogP contribution < -0.4 is 0 Å². The first kappa shape index (κ1) is 17.5. The van der Waals surface area contributed by atoms with Crippen molar-refractivity contribution in [3.05, 3.63) is 0 Å². The zero-order chi connectivity index (χ0) is 16.1. The first-order valence-corrected chi connectivity index (χ1v) is 4.27. The van der Waals surface area contributed by atoms with Crippen molar-refractivity contribution in [1.29, 1.82) is 10.8 Å². The van der Waals surface area contributed by atoms with E-state index in [9.17, 15) is 0 Å². The molecule has 0 saturated carbocycles. The van der Waals surface area contributed by atoms with Gasteiger partial charge in [-0.15, -0.1) is 0 Å². The molecule has 22 heavy (non-hydrogen) atoms. The second-order valence-corrected chi connectivity index (χ2v) is 1.82. The zero-order valence-corrected chi connectivity index (χ0v) is 9.94. The molecule has 0 atom stereocenters. The summed E-state index contributed by atoms with van der Waals surface area (Å²) in [7, 11) is 0. The lowest BCUT2D eigenvalue weighted by atomic mass is 11.5. The number of nitrogens with one attached hydrogen (secondary N) is 1. The summed E-state index contributed by atoms with van der Waals surface area (Å²) in [6.07, 6.45) is 1.32. The molecule has 1 N–H and O–H groups in total. The van der Waals surface area contributed by atoms with Gasteiger partial charge in [0.2, 0.25) is 6.19 Å². The fourth-order valence-electron chi connectivity index (χ4n) is 0.328. The highest BCUT2D eigenvalue weighted by Crippen LogP contribution is 1.89. The fourth-order valence-corrected chi connectivity index (χ4v) is 0.328.